The van der Waals surface area contributed by atoms with Crippen molar-refractivity contribution in [2.45, 2.75) is 92.0 Å². The summed E-state index contributed by atoms with van der Waals surface area (Å²) in [5, 5.41) is 0. The number of nitrogens with zero attached hydrogens (tertiary/aromatic N) is 2. The van der Waals surface area contributed by atoms with E-state index in [1.165, 1.54) is 30.5 Å². The van der Waals surface area contributed by atoms with E-state index in [-0.39, 0.29) is 11.6 Å². The molecule has 1 fully saturated rings. The highest BCUT2D eigenvalue weighted by atomic mass is 19.1. The molecule has 2 aromatic rings. The number of Topliss-reactive ketones (excluding diaryl/α,β-unsaturated/α-hetero) is 1. The predicted molar refractivity (Wildman–Crippen MR) is 163 cm³/mol. The van der Waals surface area contributed by atoms with Crippen LogP contribution >= 0.6 is 0 Å². The van der Waals surface area contributed by atoms with Gasteiger partial charge in [-0.25, -0.2) is 4.39 Å². The Hall–Kier alpha value is -3.01. The van der Waals surface area contributed by atoms with Gasteiger partial charge in [-0.05, 0) is 85.6 Å². The number of halogens is 1. The number of rotatable bonds is 11. The van der Waals surface area contributed by atoms with E-state index in [4.69, 9.17) is 0 Å². The van der Waals surface area contributed by atoms with E-state index in [0.29, 0.717) is 24.6 Å². The highest BCUT2D eigenvalue weighted by Gasteiger charge is 2.21. The van der Waals surface area contributed by atoms with Gasteiger partial charge in [0.05, 0.1) is 5.71 Å². The smallest absolute Gasteiger partial charge is 0.132 e. The first-order valence-electron chi connectivity index (χ1n) is 14.4. The van der Waals surface area contributed by atoms with Crippen molar-refractivity contribution in [3.63, 3.8) is 0 Å². The minimum atomic E-state index is -0.188. The molecular weight excluding hydrogens is 471 g/mol. The highest BCUT2D eigenvalue weighted by Crippen LogP contribution is 2.32. The van der Waals surface area contributed by atoms with Crippen molar-refractivity contribution in [3.8, 4) is 0 Å². The molecule has 0 N–H and O–H groups in total. The largest absolute Gasteiger partial charge is 0.369 e. The summed E-state index contributed by atoms with van der Waals surface area (Å²) in [7, 11) is 1.73. The van der Waals surface area contributed by atoms with Crippen LogP contribution in [0.5, 0.6) is 0 Å². The number of aryl methyl sites for hydroxylation is 2. The maximum absolute atomic E-state index is 14.6. The fourth-order valence-corrected chi connectivity index (χ4v) is 5.02. The van der Waals surface area contributed by atoms with Crippen LogP contribution in [0.15, 0.2) is 60.1 Å². The molecule has 1 unspecified atom stereocenters. The predicted octanol–water partition coefficient (Wildman–Crippen LogP) is 8.78. The van der Waals surface area contributed by atoms with Crippen molar-refractivity contribution in [1.82, 2.24) is 0 Å². The number of benzene rings is 2. The molecule has 2 aromatic carbocycles. The van der Waals surface area contributed by atoms with Crippen molar-refractivity contribution in [2.75, 3.05) is 18.5 Å². The minimum Gasteiger partial charge on any atom is -0.369 e. The zero-order valence-corrected chi connectivity index (χ0v) is 24.4. The number of carbonyl (C=O) groups is 1. The first-order valence-corrected chi connectivity index (χ1v) is 14.4. The third kappa shape index (κ3) is 8.24. The van der Waals surface area contributed by atoms with E-state index < -0.39 is 0 Å². The molecule has 3 nitrogen and oxygen atoms in total. The molecule has 0 radical (unpaired) electrons. The number of hydrogen-bond donors (Lipinski definition) is 0. The monoisotopic (exact) mass is 518 g/mol. The summed E-state index contributed by atoms with van der Waals surface area (Å²) in [6.45, 7) is 15.4. The Bertz CT molecular complexity index is 1130. The summed E-state index contributed by atoms with van der Waals surface area (Å²) in [5.74, 6) is 0.0958. The van der Waals surface area contributed by atoms with Crippen LogP contribution in [0.1, 0.15) is 95.4 Å². The van der Waals surface area contributed by atoms with E-state index in [2.05, 4.69) is 48.5 Å². The molecule has 0 aliphatic carbocycles. The van der Waals surface area contributed by atoms with E-state index >= 15 is 0 Å². The SMILES string of the molecule is C=C/C(=C\C(=NC)c1ccc(CCC)c(F)c1)c1ccc(N2CCCCC2C)c(CCC(=O)CC)c1.CC. The molecule has 1 aliphatic rings. The molecule has 0 spiro atoms. The average Bonchev–Trinajstić information content (AvgIpc) is 2.95. The third-order valence-electron chi connectivity index (χ3n) is 7.21. The summed E-state index contributed by atoms with van der Waals surface area (Å²) < 4.78 is 14.6. The van der Waals surface area contributed by atoms with Crippen molar-refractivity contribution in [1.29, 1.82) is 0 Å². The van der Waals surface area contributed by atoms with E-state index in [0.717, 1.165) is 48.1 Å². The van der Waals surface area contributed by atoms with E-state index in [1.807, 2.05) is 45.1 Å². The Labute approximate surface area is 230 Å². The van der Waals surface area contributed by atoms with Gasteiger partial charge in [0.2, 0.25) is 0 Å². The molecule has 1 atom stereocenters. The number of carbonyl (C=O) groups excluding carboxylic acids is 1. The average molecular weight is 519 g/mol. The normalized spacial score (nSPS) is 16.1. The summed E-state index contributed by atoms with van der Waals surface area (Å²) >= 11 is 0. The molecule has 1 aliphatic heterocycles. The van der Waals surface area contributed by atoms with Gasteiger partial charge < -0.3 is 4.90 Å². The maximum atomic E-state index is 14.6. The van der Waals surface area contributed by atoms with Crippen LogP contribution in [-0.4, -0.2) is 31.1 Å². The first-order chi connectivity index (χ1) is 18.4. The molecule has 38 heavy (non-hydrogen) atoms. The molecule has 4 heteroatoms. The topological polar surface area (TPSA) is 32.7 Å². The van der Waals surface area contributed by atoms with Gasteiger partial charge in [0.1, 0.15) is 11.6 Å². The Morgan fingerprint density at radius 1 is 1.08 bits per heavy atom. The second-order valence-electron chi connectivity index (χ2n) is 9.74. The lowest BCUT2D eigenvalue weighted by molar-refractivity contribution is -0.118. The lowest BCUT2D eigenvalue weighted by Crippen LogP contribution is -2.38. The summed E-state index contributed by atoms with van der Waals surface area (Å²) in [6, 6.07) is 12.4. The van der Waals surface area contributed by atoms with Crippen LogP contribution in [0.25, 0.3) is 5.57 Å². The number of ketones is 1. The maximum Gasteiger partial charge on any atom is 0.132 e. The van der Waals surface area contributed by atoms with Gasteiger partial charge in [-0.15, -0.1) is 0 Å². The van der Waals surface area contributed by atoms with Gasteiger partial charge in [0.15, 0.2) is 0 Å². The van der Waals surface area contributed by atoms with Crippen LogP contribution in [0.2, 0.25) is 0 Å². The van der Waals surface area contributed by atoms with E-state index in [9.17, 15) is 9.18 Å². The van der Waals surface area contributed by atoms with Crippen molar-refractivity contribution in [3.05, 3.63) is 83.2 Å². The van der Waals surface area contributed by atoms with E-state index in [1.54, 1.807) is 13.1 Å². The van der Waals surface area contributed by atoms with Gasteiger partial charge in [0, 0.05) is 43.7 Å². The standard InChI is InChI=1S/C32H41FN2O.C2H6/c1-6-11-25-13-14-27(21-30(25)33)31(34-5)22-24(7-2)26-16-18-32(35-19-10-9-12-23(35)4)28(20-26)15-17-29(36)8-3;1-2/h7,13-14,16,18,20-23H,2,6,8-12,15,17,19H2,1,3-5H3;1-2H3/b24-22+,34-31?;. The van der Waals surface area contributed by atoms with Gasteiger partial charge in [-0.1, -0.05) is 65.0 Å². The highest BCUT2D eigenvalue weighted by molar-refractivity contribution is 6.13. The lowest BCUT2D eigenvalue weighted by atomic mass is 9.94. The number of piperidine rings is 1. The van der Waals surface area contributed by atoms with Gasteiger partial charge in [-0.3, -0.25) is 9.79 Å². The van der Waals surface area contributed by atoms with Gasteiger partial charge >= 0.3 is 0 Å². The number of allylic oxidation sites excluding steroid dienone is 3. The number of anilines is 1. The Kier molecular flexibility index (Phi) is 13.2. The van der Waals surface area contributed by atoms with Crippen LogP contribution < -0.4 is 4.90 Å². The Morgan fingerprint density at radius 3 is 2.42 bits per heavy atom. The van der Waals surface area contributed by atoms with Gasteiger partial charge in [-0.2, -0.15) is 0 Å². The van der Waals surface area contributed by atoms with Crippen LogP contribution in [-0.2, 0) is 17.6 Å². The Morgan fingerprint density at radius 2 is 1.82 bits per heavy atom. The zero-order valence-electron chi connectivity index (χ0n) is 24.4. The Balaban J connectivity index is 0.00000247. The summed E-state index contributed by atoms with van der Waals surface area (Å²) in [6.07, 6.45) is 10.9. The lowest BCUT2D eigenvalue weighted by Gasteiger charge is -2.37. The second-order valence-corrected chi connectivity index (χ2v) is 9.74. The van der Waals surface area contributed by atoms with Crippen LogP contribution in [0.4, 0.5) is 10.1 Å². The van der Waals surface area contributed by atoms with Crippen molar-refractivity contribution >= 4 is 22.8 Å². The number of hydrogen-bond acceptors (Lipinski definition) is 3. The van der Waals surface area contributed by atoms with Crippen molar-refractivity contribution in [2.24, 2.45) is 4.99 Å². The minimum absolute atomic E-state index is 0.188. The molecule has 3 rings (SSSR count). The van der Waals surface area contributed by atoms with Crippen LogP contribution in [0.3, 0.4) is 0 Å². The molecule has 0 bridgehead atoms. The number of aliphatic imine (C=N–C) groups is 1. The summed E-state index contributed by atoms with van der Waals surface area (Å²) in [5.41, 5.74) is 6.58. The zero-order chi connectivity index (χ0) is 28.1. The molecule has 1 saturated heterocycles. The molecule has 0 amide bonds. The first kappa shape index (κ1) is 31.2. The molecule has 0 aromatic heterocycles. The molecular formula is C34H47FN2O. The molecule has 206 valence electrons. The second kappa shape index (κ2) is 16.1. The third-order valence-corrected chi connectivity index (χ3v) is 7.21. The molecule has 1 heterocycles. The molecule has 0 saturated carbocycles. The summed E-state index contributed by atoms with van der Waals surface area (Å²) in [4.78, 5) is 19.1. The van der Waals surface area contributed by atoms with Crippen molar-refractivity contribution < 1.29 is 9.18 Å². The fraction of sp³-hybridized carbons (Fsp3) is 0.471. The van der Waals surface area contributed by atoms with Crippen LogP contribution in [0, 0.1) is 5.82 Å². The van der Waals surface area contributed by atoms with Gasteiger partial charge in [0.25, 0.3) is 0 Å². The fourth-order valence-electron chi connectivity index (χ4n) is 5.02. The quantitative estimate of drug-likeness (QED) is 0.220.